The normalized spacial score (nSPS) is 10.4. The van der Waals surface area contributed by atoms with E-state index in [9.17, 15) is 4.79 Å². The summed E-state index contributed by atoms with van der Waals surface area (Å²) in [4.78, 5) is 23.1. The average molecular weight is 261 g/mol. The van der Waals surface area contributed by atoms with Crippen LogP contribution in [0.4, 0.5) is 5.95 Å². The van der Waals surface area contributed by atoms with E-state index in [1.165, 1.54) is 6.20 Å². The maximum Gasteiger partial charge on any atom is 0.339 e. The predicted octanol–water partition coefficient (Wildman–Crippen LogP) is 0.871. The lowest BCUT2D eigenvalue weighted by Crippen LogP contribution is -2.12. The third kappa shape index (κ3) is 3.06. The second kappa shape index (κ2) is 5.47. The van der Waals surface area contributed by atoms with Crippen LogP contribution in [0.1, 0.15) is 21.9 Å². The topological polar surface area (TPSA) is 92.9 Å². The second-order valence-electron chi connectivity index (χ2n) is 4.13. The van der Waals surface area contributed by atoms with Gasteiger partial charge in [0, 0.05) is 38.6 Å². The third-order valence-corrected chi connectivity index (χ3v) is 2.76. The van der Waals surface area contributed by atoms with Gasteiger partial charge in [0.15, 0.2) is 0 Å². The third-order valence-electron chi connectivity index (χ3n) is 2.76. The highest BCUT2D eigenvalue weighted by molar-refractivity contribution is 5.88. The number of nitrogens with one attached hydrogen (secondary N) is 1. The van der Waals surface area contributed by atoms with Gasteiger partial charge in [-0.2, -0.15) is 0 Å². The van der Waals surface area contributed by atoms with E-state index in [2.05, 4.69) is 20.3 Å². The Morgan fingerprint density at radius 1 is 1.47 bits per heavy atom. The van der Waals surface area contributed by atoms with Gasteiger partial charge in [0.25, 0.3) is 0 Å². The molecule has 0 unspecified atom stereocenters. The van der Waals surface area contributed by atoms with Gasteiger partial charge < -0.3 is 15.0 Å². The molecule has 7 nitrogen and oxygen atoms in total. The van der Waals surface area contributed by atoms with E-state index in [-0.39, 0.29) is 5.56 Å². The Balaban J connectivity index is 1.95. The summed E-state index contributed by atoms with van der Waals surface area (Å²) < 4.78 is 1.95. The van der Waals surface area contributed by atoms with Crippen molar-refractivity contribution in [2.45, 2.75) is 13.3 Å². The quantitative estimate of drug-likeness (QED) is 0.829. The van der Waals surface area contributed by atoms with E-state index < -0.39 is 5.97 Å². The van der Waals surface area contributed by atoms with Crippen LogP contribution < -0.4 is 5.32 Å². The summed E-state index contributed by atoms with van der Waals surface area (Å²) in [5.41, 5.74) is 0.566. The fraction of sp³-hybridized carbons (Fsp3) is 0.333. The molecule has 2 heterocycles. The molecule has 0 atom stereocenters. The number of imidazole rings is 1. The lowest BCUT2D eigenvalue weighted by Gasteiger charge is -2.06. The van der Waals surface area contributed by atoms with Gasteiger partial charge in [0.05, 0.1) is 11.3 Å². The molecule has 2 rings (SSSR count). The van der Waals surface area contributed by atoms with Crippen LogP contribution in [0, 0.1) is 6.92 Å². The molecule has 0 aromatic carbocycles. The zero-order chi connectivity index (χ0) is 13.8. The van der Waals surface area contributed by atoms with Gasteiger partial charge in [-0.25, -0.2) is 19.7 Å². The molecule has 0 aliphatic heterocycles. The standard InChI is InChI=1S/C12H15N5O2/c1-8-9(11(18)19)7-15-12(16-8)14-4-3-10-13-5-6-17(10)2/h5-7H,3-4H2,1-2H3,(H,18,19)(H,14,15,16). The summed E-state index contributed by atoms with van der Waals surface area (Å²) in [6, 6.07) is 0. The molecule has 0 aliphatic rings. The summed E-state index contributed by atoms with van der Waals surface area (Å²) in [6.45, 7) is 2.28. The Bertz CT molecular complexity index is 594. The summed E-state index contributed by atoms with van der Waals surface area (Å²) >= 11 is 0. The molecule has 19 heavy (non-hydrogen) atoms. The van der Waals surface area contributed by atoms with Crippen LogP contribution in [0.2, 0.25) is 0 Å². The molecule has 0 saturated heterocycles. The smallest absolute Gasteiger partial charge is 0.339 e. The molecule has 7 heteroatoms. The van der Waals surface area contributed by atoms with Gasteiger partial charge in [-0.05, 0) is 6.92 Å². The minimum Gasteiger partial charge on any atom is -0.478 e. The number of carbonyl (C=O) groups is 1. The minimum absolute atomic E-state index is 0.120. The summed E-state index contributed by atoms with van der Waals surface area (Å²) in [5, 5.41) is 11.9. The van der Waals surface area contributed by atoms with Crippen molar-refractivity contribution in [2.75, 3.05) is 11.9 Å². The molecule has 0 saturated carbocycles. The SMILES string of the molecule is Cc1nc(NCCc2nccn2C)ncc1C(=O)O. The van der Waals surface area contributed by atoms with E-state index >= 15 is 0 Å². The number of carboxylic acids is 1. The van der Waals surface area contributed by atoms with Gasteiger partial charge in [0.1, 0.15) is 5.82 Å². The first kappa shape index (κ1) is 13.0. The average Bonchev–Trinajstić information content (AvgIpc) is 2.75. The zero-order valence-electron chi connectivity index (χ0n) is 10.8. The number of hydrogen-bond acceptors (Lipinski definition) is 5. The number of aromatic carboxylic acids is 1. The van der Waals surface area contributed by atoms with E-state index in [1.54, 1.807) is 13.1 Å². The fourth-order valence-corrected chi connectivity index (χ4v) is 1.69. The van der Waals surface area contributed by atoms with Crippen molar-refractivity contribution in [3.63, 3.8) is 0 Å². The van der Waals surface area contributed by atoms with Gasteiger partial charge in [-0.3, -0.25) is 0 Å². The van der Waals surface area contributed by atoms with Crippen LogP contribution in [0.15, 0.2) is 18.6 Å². The second-order valence-corrected chi connectivity index (χ2v) is 4.13. The minimum atomic E-state index is -1.02. The van der Waals surface area contributed by atoms with E-state index in [0.717, 1.165) is 12.2 Å². The lowest BCUT2D eigenvalue weighted by atomic mass is 10.2. The largest absolute Gasteiger partial charge is 0.478 e. The highest BCUT2D eigenvalue weighted by atomic mass is 16.4. The Hall–Kier alpha value is -2.44. The molecular weight excluding hydrogens is 246 g/mol. The van der Waals surface area contributed by atoms with Crippen LogP contribution in [0.5, 0.6) is 0 Å². The van der Waals surface area contributed by atoms with Crippen molar-refractivity contribution in [2.24, 2.45) is 7.05 Å². The van der Waals surface area contributed by atoms with Gasteiger partial charge in [-0.1, -0.05) is 0 Å². The predicted molar refractivity (Wildman–Crippen MR) is 69.1 cm³/mol. The summed E-state index contributed by atoms with van der Waals surface area (Å²) in [7, 11) is 1.94. The fourth-order valence-electron chi connectivity index (χ4n) is 1.69. The van der Waals surface area contributed by atoms with Crippen LogP contribution in [-0.2, 0) is 13.5 Å². The molecule has 0 amide bonds. The number of aromatic nitrogens is 4. The summed E-state index contributed by atoms with van der Waals surface area (Å²) in [5.74, 6) is 0.375. The van der Waals surface area contributed by atoms with Crippen molar-refractivity contribution in [3.8, 4) is 0 Å². The molecule has 100 valence electrons. The molecule has 0 bridgehead atoms. The van der Waals surface area contributed by atoms with Crippen molar-refractivity contribution in [1.29, 1.82) is 0 Å². The Morgan fingerprint density at radius 2 is 2.26 bits per heavy atom. The molecule has 0 fully saturated rings. The molecule has 2 N–H and O–H groups in total. The van der Waals surface area contributed by atoms with Crippen molar-refractivity contribution in [3.05, 3.63) is 35.7 Å². The highest BCUT2D eigenvalue weighted by Gasteiger charge is 2.09. The van der Waals surface area contributed by atoms with Crippen molar-refractivity contribution in [1.82, 2.24) is 19.5 Å². The molecule has 0 radical (unpaired) electrons. The maximum atomic E-state index is 10.8. The lowest BCUT2D eigenvalue weighted by molar-refractivity contribution is 0.0695. The number of carboxylic acid groups (broad SMARTS) is 1. The Morgan fingerprint density at radius 3 is 2.84 bits per heavy atom. The Labute approximate surface area is 110 Å². The number of hydrogen-bond donors (Lipinski definition) is 2. The highest BCUT2D eigenvalue weighted by Crippen LogP contribution is 2.07. The van der Waals surface area contributed by atoms with Gasteiger partial charge in [-0.15, -0.1) is 0 Å². The van der Waals surface area contributed by atoms with Gasteiger partial charge >= 0.3 is 5.97 Å². The van der Waals surface area contributed by atoms with Crippen LogP contribution in [-0.4, -0.2) is 37.1 Å². The molecule has 2 aromatic heterocycles. The number of anilines is 1. The van der Waals surface area contributed by atoms with Crippen LogP contribution >= 0.6 is 0 Å². The van der Waals surface area contributed by atoms with Crippen molar-refractivity contribution < 1.29 is 9.90 Å². The maximum absolute atomic E-state index is 10.8. The summed E-state index contributed by atoms with van der Waals surface area (Å²) in [6.07, 6.45) is 5.69. The molecule has 0 spiro atoms. The van der Waals surface area contributed by atoms with E-state index in [4.69, 9.17) is 5.11 Å². The van der Waals surface area contributed by atoms with Crippen LogP contribution in [0.25, 0.3) is 0 Å². The van der Waals surface area contributed by atoms with E-state index in [1.807, 2.05) is 17.8 Å². The first-order valence-electron chi connectivity index (χ1n) is 5.85. The monoisotopic (exact) mass is 261 g/mol. The molecule has 0 aliphatic carbocycles. The van der Waals surface area contributed by atoms with Crippen LogP contribution in [0.3, 0.4) is 0 Å². The number of nitrogens with zero attached hydrogens (tertiary/aromatic N) is 4. The van der Waals surface area contributed by atoms with Gasteiger partial charge in [0.2, 0.25) is 5.95 Å². The first-order valence-corrected chi connectivity index (χ1v) is 5.85. The Kier molecular flexibility index (Phi) is 3.74. The van der Waals surface area contributed by atoms with E-state index in [0.29, 0.717) is 18.2 Å². The molecule has 2 aromatic rings. The zero-order valence-corrected chi connectivity index (χ0v) is 10.8. The molecular formula is C12H15N5O2. The van der Waals surface area contributed by atoms with Crippen molar-refractivity contribution >= 4 is 11.9 Å². The number of aryl methyl sites for hydroxylation is 2. The number of rotatable bonds is 5. The first-order chi connectivity index (χ1) is 9.08.